The summed E-state index contributed by atoms with van der Waals surface area (Å²) in [7, 11) is 0. The van der Waals surface area contributed by atoms with Crippen molar-refractivity contribution < 1.29 is 4.39 Å². The van der Waals surface area contributed by atoms with E-state index in [4.69, 9.17) is 0 Å². The highest BCUT2D eigenvalue weighted by Gasteiger charge is 2.42. The molecule has 0 bridgehead atoms. The number of alkyl halides is 1. The lowest BCUT2D eigenvalue weighted by atomic mass is 9.99. The fraction of sp³-hybridized carbons (Fsp3) is 0.400. The predicted molar refractivity (Wildman–Crippen MR) is 51.1 cm³/mol. The molecule has 1 aliphatic rings. The molecule has 2 heteroatoms. The van der Waals surface area contributed by atoms with Crippen LogP contribution in [0.2, 0.25) is 0 Å². The summed E-state index contributed by atoms with van der Waals surface area (Å²) >= 11 is 3.49. The van der Waals surface area contributed by atoms with Crippen LogP contribution in [0.15, 0.2) is 24.3 Å². The van der Waals surface area contributed by atoms with Crippen LogP contribution in [0.5, 0.6) is 0 Å². The van der Waals surface area contributed by atoms with Crippen LogP contribution in [-0.2, 0) is 5.41 Å². The lowest BCUT2D eigenvalue weighted by Crippen LogP contribution is -2.07. The molecule has 1 fully saturated rings. The summed E-state index contributed by atoms with van der Waals surface area (Å²) in [4.78, 5) is 0. The van der Waals surface area contributed by atoms with Crippen LogP contribution in [0, 0.1) is 5.82 Å². The lowest BCUT2D eigenvalue weighted by molar-refractivity contribution is 0.625. The van der Waals surface area contributed by atoms with Crippen molar-refractivity contribution >= 4 is 15.9 Å². The fourth-order valence-corrected chi connectivity index (χ4v) is 2.34. The van der Waals surface area contributed by atoms with Crippen molar-refractivity contribution in [3.05, 3.63) is 35.6 Å². The second kappa shape index (κ2) is 2.84. The van der Waals surface area contributed by atoms with Crippen LogP contribution in [-0.4, -0.2) is 5.33 Å². The highest BCUT2D eigenvalue weighted by molar-refractivity contribution is 9.09. The highest BCUT2D eigenvalue weighted by Crippen LogP contribution is 2.49. The quantitative estimate of drug-likeness (QED) is 0.683. The first kappa shape index (κ1) is 8.24. The van der Waals surface area contributed by atoms with E-state index in [0.29, 0.717) is 5.41 Å². The SMILES string of the molecule is Fc1ccc(C2(CBr)CC2)cc1. The Bertz CT molecular complexity index is 274. The minimum Gasteiger partial charge on any atom is -0.207 e. The van der Waals surface area contributed by atoms with E-state index < -0.39 is 0 Å². The molecule has 0 heterocycles. The molecule has 64 valence electrons. The van der Waals surface area contributed by atoms with Crippen molar-refractivity contribution in [1.29, 1.82) is 0 Å². The Balaban J connectivity index is 2.29. The summed E-state index contributed by atoms with van der Waals surface area (Å²) in [5.74, 6) is -0.149. The van der Waals surface area contributed by atoms with Crippen molar-refractivity contribution in [3.63, 3.8) is 0 Å². The maximum Gasteiger partial charge on any atom is 0.123 e. The van der Waals surface area contributed by atoms with Crippen molar-refractivity contribution in [2.24, 2.45) is 0 Å². The van der Waals surface area contributed by atoms with Crippen molar-refractivity contribution in [3.8, 4) is 0 Å². The van der Waals surface area contributed by atoms with Crippen LogP contribution in [0.25, 0.3) is 0 Å². The molecule has 12 heavy (non-hydrogen) atoms. The Morgan fingerprint density at radius 3 is 2.25 bits per heavy atom. The van der Waals surface area contributed by atoms with Gasteiger partial charge in [0.2, 0.25) is 0 Å². The van der Waals surface area contributed by atoms with E-state index in [-0.39, 0.29) is 5.82 Å². The van der Waals surface area contributed by atoms with Gasteiger partial charge in [-0.1, -0.05) is 28.1 Å². The molecule has 0 spiro atoms. The Morgan fingerprint density at radius 1 is 1.25 bits per heavy atom. The molecule has 0 nitrogen and oxygen atoms in total. The molecule has 1 aromatic carbocycles. The molecular formula is C10H10BrF. The maximum absolute atomic E-state index is 12.6. The van der Waals surface area contributed by atoms with E-state index in [2.05, 4.69) is 15.9 Å². The minimum absolute atomic E-state index is 0.149. The van der Waals surface area contributed by atoms with E-state index in [1.54, 1.807) is 0 Å². The van der Waals surface area contributed by atoms with E-state index >= 15 is 0 Å². The molecule has 0 aromatic heterocycles. The topological polar surface area (TPSA) is 0 Å². The van der Waals surface area contributed by atoms with Gasteiger partial charge in [-0.05, 0) is 30.5 Å². The standard InChI is InChI=1S/C10H10BrF/c11-7-10(5-6-10)8-1-3-9(12)4-2-8/h1-4H,5-7H2. The van der Waals surface area contributed by atoms with Gasteiger partial charge in [-0.25, -0.2) is 4.39 Å². The molecule has 2 rings (SSSR count). The summed E-state index contributed by atoms with van der Waals surface area (Å²) in [6.45, 7) is 0. The van der Waals surface area contributed by atoms with E-state index in [1.165, 1.54) is 30.5 Å². The number of benzene rings is 1. The van der Waals surface area contributed by atoms with Gasteiger partial charge < -0.3 is 0 Å². The fourth-order valence-electron chi connectivity index (χ4n) is 1.45. The monoisotopic (exact) mass is 228 g/mol. The Hall–Kier alpha value is -0.370. The van der Waals surface area contributed by atoms with E-state index in [0.717, 1.165) is 5.33 Å². The summed E-state index contributed by atoms with van der Waals surface area (Å²) in [6, 6.07) is 6.86. The number of halogens is 2. The molecule has 1 aliphatic carbocycles. The van der Waals surface area contributed by atoms with Crippen LogP contribution in [0.3, 0.4) is 0 Å². The maximum atomic E-state index is 12.6. The largest absolute Gasteiger partial charge is 0.207 e. The Kier molecular flexibility index (Phi) is 1.95. The zero-order valence-electron chi connectivity index (χ0n) is 6.69. The van der Waals surface area contributed by atoms with Gasteiger partial charge in [0, 0.05) is 10.7 Å². The zero-order chi connectivity index (χ0) is 8.60. The van der Waals surface area contributed by atoms with Gasteiger partial charge in [-0.3, -0.25) is 0 Å². The molecule has 0 aliphatic heterocycles. The first-order valence-electron chi connectivity index (χ1n) is 4.09. The van der Waals surface area contributed by atoms with Gasteiger partial charge in [0.15, 0.2) is 0 Å². The van der Waals surface area contributed by atoms with Gasteiger partial charge in [-0.15, -0.1) is 0 Å². The van der Waals surface area contributed by atoms with Crippen LogP contribution >= 0.6 is 15.9 Å². The van der Waals surface area contributed by atoms with Crippen LogP contribution in [0.1, 0.15) is 18.4 Å². The molecule has 0 amide bonds. The lowest BCUT2D eigenvalue weighted by Gasteiger charge is -2.10. The average Bonchev–Trinajstić information content (AvgIpc) is 2.86. The van der Waals surface area contributed by atoms with E-state index in [1.807, 2.05) is 12.1 Å². The smallest absolute Gasteiger partial charge is 0.123 e. The third-order valence-electron chi connectivity index (χ3n) is 2.57. The second-order valence-electron chi connectivity index (χ2n) is 3.42. The predicted octanol–water partition coefficient (Wildman–Crippen LogP) is 3.25. The summed E-state index contributed by atoms with van der Waals surface area (Å²) in [6.07, 6.45) is 2.45. The Labute approximate surface area is 79.9 Å². The summed E-state index contributed by atoms with van der Waals surface area (Å²) < 4.78 is 12.6. The van der Waals surface area contributed by atoms with Gasteiger partial charge in [0.05, 0.1) is 0 Å². The molecule has 0 radical (unpaired) electrons. The normalized spacial score (nSPS) is 19.2. The molecule has 0 saturated heterocycles. The first-order chi connectivity index (χ1) is 5.77. The van der Waals surface area contributed by atoms with Gasteiger partial charge >= 0.3 is 0 Å². The van der Waals surface area contributed by atoms with E-state index in [9.17, 15) is 4.39 Å². The minimum atomic E-state index is -0.149. The number of hydrogen-bond acceptors (Lipinski definition) is 0. The average molecular weight is 229 g/mol. The molecular weight excluding hydrogens is 219 g/mol. The highest BCUT2D eigenvalue weighted by atomic mass is 79.9. The molecule has 0 atom stereocenters. The van der Waals surface area contributed by atoms with Crippen LogP contribution < -0.4 is 0 Å². The van der Waals surface area contributed by atoms with Crippen molar-refractivity contribution in [1.82, 2.24) is 0 Å². The van der Waals surface area contributed by atoms with Crippen LogP contribution in [0.4, 0.5) is 4.39 Å². The molecule has 0 N–H and O–H groups in total. The van der Waals surface area contributed by atoms with Gasteiger partial charge in [-0.2, -0.15) is 0 Å². The summed E-state index contributed by atoms with van der Waals surface area (Å²) in [5.41, 5.74) is 1.59. The third kappa shape index (κ3) is 1.28. The number of hydrogen-bond donors (Lipinski definition) is 0. The zero-order valence-corrected chi connectivity index (χ0v) is 8.27. The first-order valence-corrected chi connectivity index (χ1v) is 5.21. The Morgan fingerprint density at radius 2 is 1.83 bits per heavy atom. The van der Waals surface area contributed by atoms with Gasteiger partial charge in [0.1, 0.15) is 5.82 Å². The molecule has 1 aromatic rings. The van der Waals surface area contributed by atoms with Crippen molar-refractivity contribution in [2.75, 3.05) is 5.33 Å². The van der Waals surface area contributed by atoms with Crippen molar-refractivity contribution in [2.45, 2.75) is 18.3 Å². The third-order valence-corrected chi connectivity index (χ3v) is 3.64. The number of rotatable bonds is 2. The second-order valence-corrected chi connectivity index (χ2v) is 3.98. The van der Waals surface area contributed by atoms with Gasteiger partial charge in [0.25, 0.3) is 0 Å². The summed E-state index contributed by atoms with van der Waals surface area (Å²) in [5, 5.41) is 0.992. The molecule has 0 unspecified atom stereocenters. The molecule has 1 saturated carbocycles.